The van der Waals surface area contributed by atoms with Gasteiger partial charge in [-0.2, -0.15) is 0 Å². The minimum Gasteiger partial charge on any atom is -0.481 e. The predicted molar refractivity (Wildman–Crippen MR) is 158 cm³/mol. The van der Waals surface area contributed by atoms with Crippen LogP contribution < -0.4 is 21.1 Å². The summed E-state index contributed by atoms with van der Waals surface area (Å²) in [6, 6.07) is 8.65. The molecule has 1 heterocycles. The summed E-state index contributed by atoms with van der Waals surface area (Å²) < 4.78 is 0. The third-order valence-corrected chi connectivity index (χ3v) is 6.58. The van der Waals surface area contributed by atoms with Crippen molar-refractivity contribution in [3.8, 4) is 12.3 Å². The average molecular weight is 606 g/mol. The number of aliphatic carboxylic acids is 3. The zero-order valence-electron chi connectivity index (χ0n) is 23.7. The van der Waals surface area contributed by atoms with Crippen LogP contribution in [0.15, 0.2) is 47.3 Å². The van der Waals surface area contributed by atoms with Crippen LogP contribution in [0.5, 0.6) is 0 Å². The number of amides is 2. The largest absolute Gasteiger partial charge is 0.481 e. The van der Waals surface area contributed by atoms with Gasteiger partial charge in [-0.15, -0.1) is 6.42 Å². The van der Waals surface area contributed by atoms with E-state index < -0.39 is 54.6 Å². The first-order chi connectivity index (χ1) is 20.9. The lowest BCUT2D eigenvalue weighted by molar-refractivity contribution is -0.143. The topological polar surface area (TPSA) is 219 Å². The summed E-state index contributed by atoms with van der Waals surface area (Å²) in [6.07, 6.45) is 3.99. The number of carboxylic acids is 3. The van der Waals surface area contributed by atoms with Gasteiger partial charge in [-0.05, 0) is 61.7 Å². The average Bonchev–Trinajstić information content (AvgIpc) is 2.97. The Hall–Kier alpha value is -5.71. The van der Waals surface area contributed by atoms with Crippen LogP contribution in [0.4, 0.5) is 5.69 Å². The standard InChI is InChI=1S/C30H31N5O9/c1-3-14-35(16-18-4-9-22-21(15-18)28(40)32-17(2)31-22)20-7-5-19(6-8-20)27(39)34-24(30(43)44)10-12-25(36)33-23(29(41)42)11-13-26(37)38/h1,4-9,15,23-24H,10-14,16H2,2H3,(H,33,36)(H,34,39)(H,37,38)(H,41,42)(H,43,44)(H,31,32,40)/t23-,24-/m0/s1. The van der Waals surface area contributed by atoms with E-state index >= 15 is 0 Å². The number of nitrogens with one attached hydrogen (secondary N) is 3. The predicted octanol–water partition coefficient (Wildman–Crippen LogP) is 1.27. The van der Waals surface area contributed by atoms with Gasteiger partial charge in [0.05, 0.1) is 17.4 Å². The van der Waals surface area contributed by atoms with Crippen LogP contribution in [0.25, 0.3) is 10.9 Å². The van der Waals surface area contributed by atoms with Crippen LogP contribution in [0.1, 0.15) is 47.4 Å². The summed E-state index contributed by atoms with van der Waals surface area (Å²) in [5.74, 6) is -2.48. The van der Waals surface area contributed by atoms with E-state index in [1.54, 1.807) is 31.2 Å². The van der Waals surface area contributed by atoms with Gasteiger partial charge in [0.25, 0.3) is 11.5 Å². The maximum absolute atomic E-state index is 12.8. The van der Waals surface area contributed by atoms with Gasteiger partial charge in [0.1, 0.15) is 17.9 Å². The van der Waals surface area contributed by atoms with Gasteiger partial charge < -0.3 is 35.8 Å². The monoisotopic (exact) mass is 605 g/mol. The number of anilines is 1. The van der Waals surface area contributed by atoms with Crippen molar-refractivity contribution < 1.29 is 39.3 Å². The summed E-state index contributed by atoms with van der Waals surface area (Å²) in [6.45, 7) is 2.26. The summed E-state index contributed by atoms with van der Waals surface area (Å²) in [5.41, 5.74) is 1.92. The van der Waals surface area contributed by atoms with Gasteiger partial charge in [-0.25, -0.2) is 14.6 Å². The van der Waals surface area contributed by atoms with E-state index in [1.165, 1.54) is 12.1 Å². The molecule has 0 bridgehead atoms. The minimum absolute atomic E-state index is 0.142. The molecule has 1 aromatic heterocycles. The number of aryl methyl sites for hydroxylation is 1. The van der Waals surface area contributed by atoms with Crippen molar-refractivity contribution in [2.45, 2.75) is 51.2 Å². The van der Waals surface area contributed by atoms with Crippen molar-refractivity contribution in [1.82, 2.24) is 20.6 Å². The van der Waals surface area contributed by atoms with E-state index in [9.17, 15) is 39.0 Å². The van der Waals surface area contributed by atoms with Crippen molar-refractivity contribution in [3.63, 3.8) is 0 Å². The number of nitrogens with zero attached hydrogens (tertiary/aromatic N) is 2. The van der Waals surface area contributed by atoms with Gasteiger partial charge in [0.15, 0.2) is 0 Å². The molecule has 2 aromatic carbocycles. The highest BCUT2D eigenvalue weighted by molar-refractivity contribution is 5.97. The van der Waals surface area contributed by atoms with Crippen LogP contribution >= 0.6 is 0 Å². The van der Waals surface area contributed by atoms with Crippen molar-refractivity contribution in [1.29, 1.82) is 0 Å². The molecule has 14 heteroatoms. The Balaban J connectivity index is 1.64. The van der Waals surface area contributed by atoms with Crippen LogP contribution in [0, 0.1) is 19.3 Å². The van der Waals surface area contributed by atoms with Crippen LogP contribution in [-0.2, 0) is 25.7 Å². The van der Waals surface area contributed by atoms with Crippen molar-refractivity contribution in [3.05, 3.63) is 69.8 Å². The number of rotatable bonds is 15. The molecule has 0 saturated carbocycles. The Morgan fingerprint density at radius 1 is 0.955 bits per heavy atom. The number of carbonyl (C=O) groups is 5. The fourth-order valence-corrected chi connectivity index (χ4v) is 4.36. The van der Waals surface area contributed by atoms with Gasteiger partial charge in [-0.1, -0.05) is 12.0 Å². The number of aromatic amines is 1. The second-order valence-electron chi connectivity index (χ2n) is 9.90. The Morgan fingerprint density at radius 3 is 2.20 bits per heavy atom. The van der Waals surface area contributed by atoms with Crippen molar-refractivity contribution in [2.75, 3.05) is 11.4 Å². The fraction of sp³-hybridized carbons (Fsp3) is 0.300. The molecule has 0 aliphatic heterocycles. The third-order valence-electron chi connectivity index (χ3n) is 6.58. The first-order valence-electron chi connectivity index (χ1n) is 13.4. The van der Waals surface area contributed by atoms with Crippen LogP contribution in [-0.4, -0.2) is 73.6 Å². The lowest BCUT2D eigenvalue weighted by Crippen LogP contribution is -2.44. The Kier molecular flexibility index (Phi) is 11.2. The molecule has 0 aliphatic carbocycles. The number of aromatic nitrogens is 2. The van der Waals surface area contributed by atoms with E-state index in [1.807, 2.05) is 11.0 Å². The maximum atomic E-state index is 12.8. The molecule has 44 heavy (non-hydrogen) atoms. The van der Waals surface area contributed by atoms with Crippen LogP contribution in [0.3, 0.4) is 0 Å². The molecular formula is C30H31N5O9. The molecule has 3 aromatic rings. The lowest BCUT2D eigenvalue weighted by atomic mass is 10.1. The Labute approximate surface area is 251 Å². The number of carbonyl (C=O) groups excluding carboxylic acids is 2. The molecule has 0 unspecified atom stereocenters. The van der Waals surface area contributed by atoms with E-state index in [-0.39, 0.29) is 30.5 Å². The molecule has 2 atom stereocenters. The smallest absolute Gasteiger partial charge is 0.326 e. The van der Waals surface area contributed by atoms with E-state index in [4.69, 9.17) is 11.5 Å². The lowest BCUT2D eigenvalue weighted by Gasteiger charge is -2.23. The van der Waals surface area contributed by atoms with E-state index in [2.05, 4.69) is 26.5 Å². The number of benzene rings is 2. The SMILES string of the molecule is C#CCN(Cc1ccc2nc(C)[nH]c(=O)c2c1)c1ccc(C(=O)N[C@@H](CCC(=O)N[C@@H](CCC(=O)O)C(=O)O)C(=O)O)cc1. The molecule has 14 nitrogen and oxygen atoms in total. The van der Waals surface area contributed by atoms with Crippen molar-refractivity contribution >= 4 is 46.3 Å². The minimum atomic E-state index is -1.46. The van der Waals surface area contributed by atoms with E-state index in [0.717, 1.165) is 5.56 Å². The highest BCUT2D eigenvalue weighted by atomic mass is 16.4. The molecule has 6 N–H and O–H groups in total. The first kappa shape index (κ1) is 32.8. The summed E-state index contributed by atoms with van der Waals surface area (Å²) in [7, 11) is 0. The van der Waals surface area contributed by atoms with E-state index in [0.29, 0.717) is 29.0 Å². The zero-order chi connectivity index (χ0) is 32.4. The second kappa shape index (κ2) is 15.0. The Bertz CT molecular complexity index is 1660. The second-order valence-corrected chi connectivity index (χ2v) is 9.90. The zero-order valence-corrected chi connectivity index (χ0v) is 23.7. The molecule has 0 fully saturated rings. The normalized spacial score (nSPS) is 12.0. The molecule has 0 spiro atoms. The number of fused-ring (bicyclic) bond motifs is 1. The highest BCUT2D eigenvalue weighted by Crippen LogP contribution is 2.20. The maximum Gasteiger partial charge on any atom is 0.326 e. The summed E-state index contributed by atoms with van der Waals surface area (Å²) >= 11 is 0. The number of hydrogen-bond acceptors (Lipinski definition) is 8. The summed E-state index contributed by atoms with van der Waals surface area (Å²) in [4.78, 5) is 79.9. The third kappa shape index (κ3) is 9.15. The van der Waals surface area contributed by atoms with Crippen LogP contribution in [0.2, 0.25) is 0 Å². The molecule has 0 radical (unpaired) electrons. The highest BCUT2D eigenvalue weighted by Gasteiger charge is 2.25. The molecule has 0 saturated heterocycles. The van der Waals surface area contributed by atoms with Gasteiger partial charge >= 0.3 is 17.9 Å². The molecule has 0 aliphatic rings. The number of carboxylic acid groups (broad SMARTS) is 3. The molecule has 3 rings (SSSR count). The first-order valence-corrected chi connectivity index (χ1v) is 13.4. The number of H-pyrrole nitrogens is 1. The Morgan fingerprint density at radius 2 is 1.59 bits per heavy atom. The number of terminal acetylenes is 1. The van der Waals surface area contributed by atoms with Gasteiger partial charge in [-0.3, -0.25) is 19.2 Å². The fourth-order valence-electron chi connectivity index (χ4n) is 4.36. The summed E-state index contributed by atoms with van der Waals surface area (Å²) in [5, 5.41) is 32.4. The quantitative estimate of drug-likeness (QED) is 0.135. The number of hydrogen-bond donors (Lipinski definition) is 6. The van der Waals surface area contributed by atoms with Crippen molar-refractivity contribution in [2.24, 2.45) is 0 Å². The molecule has 230 valence electrons. The molecule has 2 amide bonds. The van der Waals surface area contributed by atoms with Gasteiger partial charge in [0, 0.05) is 30.6 Å². The van der Waals surface area contributed by atoms with Gasteiger partial charge in [0.2, 0.25) is 5.91 Å². The molecular weight excluding hydrogens is 574 g/mol.